The van der Waals surface area contributed by atoms with E-state index in [1.807, 2.05) is 0 Å². The zero-order valence-electron chi connectivity index (χ0n) is 6.50. The van der Waals surface area contributed by atoms with Crippen molar-refractivity contribution in [3.05, 3.63) is 29.6 Å². The molecule has 0 fully saturated rings. The molecule has 4 heteroatoms. The van der Waals surface area contributed by atoms with Crippen molar-refractivity contribution in [1.82, 2.24) is 4.98 Å². The van der Waals surface area contributed by atoms with Gasteiger partial charge in [-0.15, -0.1) is 0 Å². The van der Waals surface area contributed by atoms with E-state index in [0.29, 0.717) is 5.69 Å². The van der Waals surface area contributed by atoms with E-state index in [1.54, 1.807) is 19.1 Å². The SMILES string of the molecule is Cc1cccc(C(=O)[O-])n1.[Na+]. The van der Waals surface area contributed by atoms with Crippen molar-refractivity contribution in [3.63, 3.8) is 0 Å². The molecule has 0 unspecified atom stereocenters. The van der Waals surface area contributed by atoms with Crippen LogP contribution in [-0.2, 0) is 0 Å². The van der Waals surface area contributed by atoms with Crippen molar-refractivity contribution >= 4 is 5.97 Å². The van der Waals surface area contributed by atoms with E-state index >= 15 is 0 Å². The maximum atomic E-state index is 10.2. The van der Waals surface area contributed by atoms with E-state index < -0.39 is 5.97 Å². The summed E-state index contributed by atoms with van der Waals surface area (Å²) in [4.78, 5) is 13.9. The summed E-state index contributed by atoms with van der Waals surface area (Å²) in [5, 5.41) is 10.2. The fraction of sp³-hybridized carbons (Fsp3) is 0.143. The van der Waals surface area contributed by atoms with E-state index in [-0.39, 0.29) is 35.3 Å². The van der Waals surface area contributed by atoms with Crippen LogP contribution in [0.4, 0.5) is 0 Å². The van der Waals surface area contributed by atoms with Crippen molar-refractivity contribution in [2.24, 2.45) is 0 Å². The number of carboxylic acids is 1. The summed E-state index contributed by atoms with van der Waals surface area (Å²) in [5.41, 5.74) is 0.668. The topological polar surface area (TPSA) is 53.0 Å². The average Bonchev–Trinajstić information content (AvgIpc) is 1.88. The number of aryl methyl sites for hydroxylation is 1. The fourth-order valence-electron chi connectivity index (χ4n) is 0.657. The van der Waals surface area contributed by atoms with Crippen LogP contribution in [0.25, 0.3) is 0 Å². The number of carbonyl (C=O) groups excluding carboxylic acids is 1. The summed E-state index contributed by atoms with van der Waals surface area (Å²) in [5.74, 6) is -1.23. The maximum Gasteiger partial charge on any atom is 1.00 e. The number of carboxylic acid groups (broad SMARTS) is 1. The average molecular weight is 159 g/mol. The first-order chi connectivity index (χ1) is 4.70. The summed E-state index contributed by atoms with van der Waals surface area (Å²) in [7, 11) is 0. The Morgan fingerprint density at radius 2 is 2.18 bits per heavy atom. The largest absolute Gasteiger partial charge is 1.00 e. The van der Waals surface area contributed by atoms with Crippen molar-refractivity contribution in [1.29, 1.82) is 0 Å². The molecule has 0 aromatic carbocycles. The summed E-state index contributed by atoms with van der Waals surface area (Å²) >= 11 is 0. The number of hydrogen-bond donors (Lipinski definition) is 0. The van der Waals surface area contributed by atoms with Gasteiger partial charge in [0.05, 0.1) is 11.7 Å². The zero-order chi connectivity index (χ0) is 7.56. The molecule has 1 rings (SSSR count). The first-order valence-electron chi connectivity index (χ1n) is 2.85. The van der Waals surface area contributed by atoms with Crippen LogP contribution in [0.2, 0.25) is 0 Å². The van der Waals surface area contributed by atoms with E-state index in [4.69, 9.17) is 0 Å². The molecule has 0 bridgehead atoms. The molecule has 0 radical (unpaired) electrons. The van der Waals surface area contributed by atoms with Crippen molar-refractivity contribution < 1.29 is 39.5 Å². The first kappa shape index (κ1) is 10.6. The molecule has 1 aromatic rings. The Morgan fingerprint density at radius 3 is 2.55 bits per heavy atom. The molecule has 0 saturated carbocycles. The molecule has 0 aliphatic heterocycles. The predicted octanol–water partition coefficient (Wildman–Crippen LogP) is -3.24. The monoisotopic (exact) mass is 159 g/mol. The van der Waals surface area contributed by atoms with Gasteiger partial charge >= 0.3 is 29.6 Å². The van der Waals surface area contributed by atoms with Crippen LogP contribution in [0.1, 0.15) is 16.2 Å². The molecule has 0 aliphatic rings. The smallest absolute Gasteiger partial charge is 0.543 e. The molecule has 0 amide bonds. The molecule has 0 atom stereocenters. The number of hydrogen-bond acceptors (Lipinski definition) is 3. The van der Waals surface area contributed by atoms with E-state index in [1.165, 1.54) is 6.07 Å². The number of pyridine rings is 1. The van der Waals surface area contributed by atoms with Crippen LogP contribution in [0.3, 0.4) is 0 Å². The summed E-state index contributed by atoms with van der Waals surface area (Å²) in [6.45, 7) is 1.73. The molecule has 1 heterocycles. The van der Waals surface area contributed by atoms with Gasteiger partial charge < -0.3 is 9.90 Å². The molecule has 0 aliphatic carbocycles. The Morgan fingerprint density at radius 1 is 1.55 bits per heavy atom. The van der Waals surface area contributed by atoms with Gasteiger partial charge in [0, 0.05) is 5.69 Å². The Kier molecular flexibility index (Phi) is 4.33. The first-order valence-corrected chi connectivity index (χ1v) is 2.85. The molecule has 0 N–H and O–H groups in total. The summed E-state index contributed by atoms with van der Waals surface area (Å²) in [6, 6.07) is 4.77. The molecule has 11 heavy (non-hydrogen) atoms. The van der Waals surface area contributed by atoms with Gasteiger partial charge in [-0.05, 0) is 19.1 Å². The van der Waals surface area contributed by atoms with Gasteiger partial charge in [-0.2, -0.15) is 0 Å². The zero-order valence-corrected chi connectivity index (χ0v) is 8.50. The van der Waals surface area contributed by atoms with Crippen molar-refractivity contribution in [2.75, 3.05) is 0 Å². The van der Waals surface area contributed by atoms with Gasteiger partial charge in [-0.3, -0.25) is 4.98 Å². The van der Waals surface area contributed by atoms with Gasteiger partial charge in [0.15, 0.2) is 0 Å². The summed E-state index contributed by atoms with van der Waals surface area (Å²) in [6.07, 6.45) is 0. The van der Waals surface area contributed by atoms with Gasteiger partial charge in [-0.25, -0.2) is 0 Å². The third kappa shape index (κ3) is 3.01. The third-order valence-corrected chi connectivity index (χ3v) is 1.10. The second-order valence-corrected chi connectivity index (χ2v) is 1.95. The Balaban J connectivity index is 0.000001000. The molecular formula is C7H6NNaO2. The predicted molar refractivity (Wildman–Crippen MR) is 33.3 cm³/mol. The third-order valence-electron chi connectivity index (χ3n) is 1.10. The summed E-state index contributed by atoms with van der Waals surface area (Å²) < 4.78 is 0. The molecular weight excluding hydrogens is 153 g/mol. The normalized spacial score (nSPS) is 8.45. The van der Waals surface area contributed by atoms with Crippen LogP contribution in [0.15, 0.2) is 18.2 Å². The second kappa shape index (κ2) is 4.49. The van der Waals surface area contributed by atoms with Gasteiger partial charge in [0.1, 0.15) is 0 Å². The maximum absolute atomic E-state index is 10.2. The number of carbonyl (C=O) groups is 1. The quantitative estimate of drug-likeness (QED) is 0.404. The molecule has 52 valence electrons. The number of nitrogens with zero attached hydrogens (tertiary/aromatic N) is 1. The van der Waals surface area contributed by atoms with Crippen LogP contribution < -0.4 is 34.7 Å². The minimum absolute atomic E-state index is 0. The van der Waals surface area contributed by atoms with Crippen LogP contribution >= 0.6 is 0 Å². The van der Waals surface area contributed by atoms with Gasteiger partial charge in [-0.1, -0.05) is 6.07 Å². The van der Waals surface area contributed by atoms with Crippen molar-refractivity contribution in [2.45, 2.75) is 6.92 Å². The van der Waals surface area contributed by atoms with E-state index in [0.717, 1.165) is 0 Å². The Bertz CT molecular complexity index is 262. The number of aromatic carboxylic acids is 1. The standard InChI is InChI=1S/C7H7NO2.Na/c1-5-3-2-4-6(8-5)7(9)10;/h2-4H,1H3,(H,9,10);/q;+1/p-1. The van der Waals surface area contributed by atoms with E-state index in [2.05, 4.69) is 4.98 Å². The van der Waals surface area contributed by atoms with Crippen LogP contribution in [0, 0.1) is 6.92 Å². The minimum atomic E-state index is -1.23. The fourth-order valence-corrected chi connectivity index (χ4v) is 0.657. The number of rotatable bonds is 1. The number of aromatic nitrogens is 1. The second-order valence-electron chi connectivity index (χ2n) is 1.95. The van der Waals surface area contributed by atoms with Crippen molar-refractivity contribution in [3.8, 4) is 0 Å². The van der Waals surface area contributed by atoms with Crippen LogP contribution in [-0.4, -0.2) is 11.0 Å². The Labute approximate surface area is 86.8 Å². The molecule has 1 aromatic heterocycles. The van der Waals surface area contributed by atoms with Crippen LogP contribution in [0.5, 0.6) is 0 Å². The molecule has 0 saturated heterocycles. The Hall–Kier alpha value is -0.380. The molecule has 3 nitrogen and oxygen atoms in total. The molecule has 0 spiro atoms. The van der Waals surface area contributed by atoms with E-state index in [9.17, 15) is 9.90 Å². The van der Waals surface area contributed by atoms with Gasteiger partial charge in [0.25, 0.3) is 0 Å². The minimum Gasteiger partial charge on any atom is -0.543 e. The van der Waals surface area contributed by atoms with Gasteiger partial charge in [0.2, 0.25) is 0 Å².